The zero-order chi connectivity index (χ0) is 13.1. The standard InChI is InChI=1S/C13H20N2OS/c1-13(2,3)11(14)12(16)15-9-5-7-10(17-4)8-6-9/h5-8,11H,14H2,1-4H3,(H,15,16)/t11-/m1/s1. The van der Waals surface area contributed by atoms with Crippen LogP contribution in [0.4, 0.5) is 5.69 Å². The molecule has 0 spiro atoms. The number of anilines is 1. The van der Waals surface area contributed by atoms with Gasteiger partial charge in [0.15, 0.2) is 0 Å². The van der Waals surface area contributed by atoms with Crippen molar-refractivity contribution >= 4 is 23.4 Å². The zero-order valence-electron chi connectivity index (χ0n) is 10.8. The predicted octanol–water partition coefficient (Wildman–Crippen LogP) is 2.72. The van der Waals surface area contributed by atoms with E-state index in [9.17, 15) is 4.79 Å². The molecule has 1 atom stereocenters. The maximum absolute atomic E-state index is 11.9. The zero-order valence-corrected chi connectivity index (χ0v) is 11.6. The first-order chi connectivity index (χ1) is 7.84. The summed E-state index contributed by atoms with van der Waals surface area (Å²) >= 11 is 1.67. The first-order valence-electron chi connectivity index (χ1n) is 5.55. The van der Waals surface area contributed by atoms with Crippen molar-refractivity contribution < 1.29 is 4.79 Å². The number of benzene rings is 1. The lowest BCUT2D eigenvalue weighted by molar-refractivity contribution is -0.119. The van der Waals surface area contributed by atoms with Crippen molar-refractivity contribution in [3.05, 3.63) is 24.3 Å². The fourth-order valence-electron chi connectivity index (χ4n) is 1.29. The molecule has 17 heavy (non-hydrogen) atoms. The summed E-state index contributed by atoms with van der Waals surface area (Å²) in [6.45, 7) is 5.86. The summed E-state index contributed by atoms with van der Waals surface area (Å²) in [5, 5.41) is 2.83. The second kappa shape index (κ2) is 5.56. The Bertz CT molecular complexity index is 381. The third-order valence-electron chi connectivity index (χ3n) is 2.57. The Balaban J connectivity index is 2.68. The van der Waals surface area contributed by atoms with Gasteiger partial charge in [0.1, 0.15) is 0 Å². The number of carbonyl (C=O) groups is 1. The van der Waals surface area contributed by atoms with Crippen LogP contribution in [-0.2, 0) is 4.79 Å². The number of hydrogen-bond donors (Lipinski definition) is 2. The maximum Gasteiger partial charge on any atom is 0.241 e. The first kappa shape index (κ1) is 14.1. The molecule has 0 saturated carbocycles. The van der Waals surface area contributed by atoms with E-state index in [0.29, 0.717) is 0 Å². The Morgan fingerprint density at radius 3 is 2.24 bits per heavy atom. The van der Waals surface area contributed by atoms with Gasteiger partial charge < -0.3 is 11.1 Å². The number of thioether (sulfide) groups is 1. The van der Waals surface area contributed by atoms with E-state index >= 15 is 0 Å². The highest BCUT2D eigenvalue weighted by Crippen LogP contribution is 2.20. The second-order valence-electron chi connectivity index (χ2n) is 5.06. The minimum Gasteiger partial charge on any atom is -0.325 e. The van der Waals surface area contributed by atoms with Gasteiger partial charge in [-0.2, -0.15) is 0 Å². The van der Waals surface area contributed by atoms with Crippen molar-refractivity contribution in [3.8, 4) is 0 Å². The number of rotatable bonds is 3. The maximum atomic E-state index is 11.9. The summed E-state index contributed by atoms with van der Waals surface area (Å²) in [4.78, 5) is 13.0. The average molecular weight is 252 g/mol. The largest absolute Gasteiger partial charge is 0.325 e. The molecule has 0 saturated heterocycles. The van der Waals surface area contributed by atoms with Crippen molar-refractivity contribution in [2.24, 2.45) is 11.1 Å². The third-order valence-corrected chi connectivity index (χ3v) is 3.32. The van der Waals surface area contributed by atoms with Gasteiger partial charge in [0.05, 0.1) is 6.04 Å². The third kappa shape index (κ3) is 4.06. The van der Waals surface area contributed by atoms with Gasteiger partial charge in [0, 0.05) is 10.6 Å². The van der Waals surface area contributed by atoms with Crippen molar-refractivity contribution in [2.75, 3.05) is 11.6 Å². The van der Waals surface area contributed by atoms with Gasteiger partial charge in [-0.05, 0) is 35.9 Å². The summed E-state index contributed by atoms with van der Waals surface area (Å²) in [5.41, 5.74) is 6.43. The molecule has 94 valence electrons. The first-order valence-corrected chi connectivity index (χ1v) is 6.77. The molecule has 0 bridgehead atoms. The summed E-state index contributed by atoms with van der Waals surface area (Å²) in [6.07, 6.45) is 2.02. The summed E-state index contributed by atoms with van der Waals surface area (Å²) in [7, 11) is 0. The van der Waals surface area contributed by atoms with E-state index < -0.39 is 6.04 Å². The molecule has 0 aliphatic heterocycles. The average Bonchev–Trinajstić information content (AvgIpc) is 2.27. The molecule has 0 radical (unpaired) electrons. The van der Waals surface area contributed by atoms with Crippen molar-refractivity contribution in [1.82, 2.24) is 0 Å². The normalized spacial score (nSPS) is 13.2. The van der Waals surface area contributed by atoms with E-state index in [-0.39, 0.29) is 11.3 Å². The summed E-state index contributed by atoms with van der Waals surface area (Å²) in [5.74, 6) is -0.144. The minimum atomic E-state index is -0.511. The van der Waals surface area contributed by atoms with E-state index in [1.165, 1.54) is 4.90 Å². The summed E-state index contributed by atoms with van der Waals surface area (Å²) < 4.78 is 0. The molecule has 1 amide bonds. The quantitative estimate of drug-likeness (QED) is 0.813. The number of nitrogens with two attached hydrogens (primary N) is 1. The predicted molar refractivity (Wildman–Crippen MR) is 74.3 cm³/mol. The minimum absolute atomic E-state index is 0.144. The van der Waals surface area contributed by atoms with E-state index in [0.717, 1.165) is 5.69 Å². The lowest BCUT2D eigenvalue weighted by atomic mass is 9.87. The van der Waals surface area contributed by atoms with Gasteiger partial charge in [0.25, 0.3) is 0 Å². The lowest BCUT2D eigenvalue weighted by Gasteiger charge is -2.25. The molecule has 3 nitrogen and oxygen atoms in total. The van der Waals surface area contributed by atoms with Crippen LogP contribution in [0.25, 0.3) is 0 Å². The molecule has 1 aromatic carbocycles. The molecule has 0 aromatic heterocycles. The van der Waals surface area contributed by atoms with Crippen LogP contribution in [0.15, 0.2) is 29.2 Å². The monoisotopic (exact) mass is 252 g/mol. The molecule has 0 aliphatic carbocycles. The number of carbonyl (C=O) groups excluding carboxylic acids is 1. The van der Waals surface area contributed by atoms with E-state index in [1.807, 2.05) is 51.3 Å². The number of hydrogen-bond acceptors (Lipinski definition) is 3. The molecule has 0 aliphatic rings. The van der Waals surface area contributed by atoms with Crippen molar-refractivity contribution in [3.63, 3.8) is 0 Å². The molecule has 4 heteroatoms. The van der Waals surface area contributed by atoms with Crippen LogP contribution in [0.5, 0.6) is 0 Å². The Kier molecular flexibility index (Phi) is 4.60. The Morgan fingerprint density at radius 1 is 1.29 bits per heavy atom. The van der Waals surface area contributed by atoms with Gasteiger partial charge in [0.2, 0.25) is 5.91 Å². The molecule has 1 rings (SSSR count). The highest BCUT2D eigenvalue weighted by molar-refractivity contribution is 7.98. The Morgan fingerprint density at radius 2 is 1.82 bits per heavy atom. The molecular weight excluding hydrogens is 232 g/mol. The molecule has 0 heterocycles. The van der Waals surface area contributed by atoms with Crippen LogP contribution in [0.2, 0.25) is 0 Å². The van der Waals surface area contributed by atoms with Crippen LogP contribution >= 0.6 is 11.8 Å². The van der Waals surface area contributed by atoms with Crippen LogP contribution < -0.4 is 11.1 Å². The molecule has 3 N–H and O–H groups in total. The highest BCUT2D eigenvalue weighted by Gasteiger charge is 2.27. The molecule has 0 unspecified atom stereocenters. The van der Waals surface area contributed by atoms with Crippen molar-refractivity contribution in [2.45, 2.75) is 31.7 Å². The SMILES string of the molecule is CSc1ccc(NC(=O)[C@@H](N)C(C)(C)C)cc1. The molecule has 0 fully saturated rings. The topological polar surface area (TPSA) is 55.1 Å². The lowest BCUT2D eigenvalue weighted by Crippen LogP contribution is -2.45. The van der Waals surface area contributed by atoms with Crippen molar-refractivity contribution in [1.29, 1.82) is 0 Å². The highest BCUT2D eigenvalue weighted by atomic mass is 32.2. The van der Waals surface area contributed by atoms with Gasteiger partial charge in [-0.25, -0.2) is 0 Å². The number of nitrogens with one attached hydrogen (secondary N) is 1. The summed E-state index contributed by atoms with van der Waals surface area (Å²) in [6, 6.07) is 7.21. The van der Waals surface area contributed by atoms with Crippen LogP contribution in [-0.4, -0.2) is 18.2 Å². The fraction of sp³-hybridized carbons (Fsp3) is 0.462. The van der Waals surface area contributed by atoms with E-state index in [4.69, 9.17) is 5.73 Å². The second-order valence-corrected chi connectivity index (χ2v) is 5.94. The van der Waals surface area contributed by atoms with E-state index in [2.05, 4.69) is 5.32 Å². The molecule has 1 aromatic rings. The van der Waals surface area contributed by atoms with Crippen LogP contribution in [0, 0.1) is 5.41 Å². The van der Waals surface area contributed by atoms with Gasteiger partial charge in [-0.3, -0.25) is 4.79 Å². The van der Waals surface area contributed by atoms with Gasteiger partial charge in [-0.15, -0.1) is 11.8 Å². The van der Waals surface area contributed by atoms with Crippen LogP contribution in [0.3, 0.4) is 0 Å². The number of amides is 1. The Hall–Kier alpha value is -1.00. The fourth-order valence-corrected chi connectivity index (χ4v) is 1.70. The van der Waals surface area contributed by atoms with Crippen LogP contribution in [0.1, 0.15) is 20.8 Å². The van der Waals surface area contributed by atoms with E-state index in [1.54, 1.807) is 11.8 Å². The smallest absolute Gasteiger partial charge is 0.241 e. The van der Waals surface area contributed by atoms with Gasteiger partial charge in [-0.1, -0.05) is 20.8 Å². The Labute approximate surface area is 107 Å². The molecular formula is C13H20N2OS. The van der Waals surface area contributed by atoms with Gasteiger partial charge >= 0.3 is 0 Å².